The third-order valence-corrected chi connectivity index (χ3v) is 4.57. The van der Waals surface area contributed by atoms with Gasteiger partial charge in [-0.1, -0.05) is 30.3 Å². The molecule has 124 valence electrons. The number of fused-ring (bicyclic) bond motifs is 1. The zero-order valence-corrected chi connectivity index (χ0v) is 13.9. The molecule has 0 fully saturated rings. The molecule has 0 saturated carbocycles. The smallest absolute Gasteiger partial charge is 0.224 e. The van der Waals surface area contributed by atoms with E-state index in [9.17, 15) is 9.18 Å². The molecule has 4 heteroatoms. The Kier molecular flexibility index (Phi) is 4.65. The highest BCUT2D eigenvalue weighted by atomic mass is 19.1. The van der Waals surface area contributed by atoms with E-state index in [4.69, 9.17) is 0 Å². The van der Waals surface area contributed by atoms with E-state index in [1.54, 1.807) is 24.1 Å². The van der Waals surface area contributed by atoms with Crippen LogP contribution in [-0.2, 0) is 11.3 Å². The van der Waals surface area contributed by atoms with Crippen LogP contribution in [0.1, 0.15) is 24.9 Å². The van der Waals surface area contributed by atoms with Crippen LogP contribution in [-0.4, -0.2) is 22.4 Å². The maximum absolute atomic E-state index is 13.0. The number of para-hydroxylation sites is 1. The lowest BCUT2D eigenvalue weighted by Crippen LogP contribution is -2.30. The first-order valence-corrected chi connectivity index (χ1v) is 8.11. The van der Waals surface area contributed by atoms with Crippen molar-refractivity contribution in [2.45, 2.75) is 25.9 Å². The van der Waals surface area contributed by atoms with Crippen LogP contribution in [0.15, 0.2) is 60.8 Å². The first kappa shape index (κ1) is 16.2. The predicted octanol–water partition coefficient (Wildman–Crippen LogP) is 4.39. The summed E-state index contributed by atoms with van der Waals surface area (Å²) in [4.78, 5) is 14.2. The summed E-state index contributed by atoms with van der Waals surface area (Å²) in [7, 11) is 1.80. The summed E-state index contributed by atoms with van der Waals surface area (Å²) in [6.07, 6.45) is 2.45. The summed E-state index contributed by atoms with van der Waals surface area (Å²) in [5.41, 5.74) is 2.07. The molecule has 1 aromatic heterocycles. The summed E-state index contributed by atoms with van der Waals surface area (Å²) in [5, 5.41) is 1.18. The zero-order chi connectivity index (χ0) is 17.1. The van der Waals surface area contributed by atoms with Gasteiger partial charge in [0.25, 0.3) is 0 Å². The molecule has 2 aromatic carbocycles. The van der Waals surface area contributed by atoms with Crippen LogP contribution in [0.25, 0.3) is 10.9 Å². The van der Waals surface area contributed by atoms with Crippen molar-refractivity contribution in [1.82, 2.24) is 9.47 Å². The van der Waals surface area contributed by atoms with E-state index in [-0.39, 0.29) is 17.8 Å². The monoisotopic (exact) mass is 324 g/mol. The molecular formula is C20H21FN2O. The molecule has 1 unspecified atom stereocenters. The van der Waals surface area contributed by atoms with E-state index >= 15 is 0 Å². The van der Waals surface area contributed by atoms with Crippen LogP contribution in [0, 0.1) is 5.82 Å². The van der Waals surface area contributed by atoms with Crippen molar-refractivity contribution >= 4 is 16.8 Å². The molecule has 0 spiro atoms. The molecule has 1 amide bonds. The Morgan fingerprint density at radius 3 is 2.58 bits per heavy atom. The lowest BCUT2D eigenvalue weighted by atomic mass is 10.1. The van der Waals surface area contributed by atoms with Crippen molar-refractivity contribution in [3.63, 3.8) is 0 Å². The number of hydrogen-bond donors (Lipinski definition) is 0. The minimum Gasteiger partial charge on any atom is -0.347 e. The fourth-order valence-corrected chi connectivity index (χ4v) is 2.91. The molecule has 3 nitrogen and oxygen atoms in total. The lowest BCUT2D eigenvalue weighted by molar-refractivity contribution is -0.132. The number of nitrogens with zero attached hydrogens (tertiary/aromatic N) is 2. The van der Waals surface area contributed by atoms with Crippen molar-refractivity contribution in [2.24, 2.45) is 0 Å². The molecular weight excluding hydrogens is 303 g/mol. The third kappa shape index (κ3) is 3.32. The summed E-state index contributed by atoms with van der Waals surface area (Å²) < 4.78 is 15.1. The van der Waals surface area contributed by atoms with Gasteiger partial charge in [0.2, 0.25) is 5.91 Å². The number of hydrogen-bond acceptors (Lipinski definition) is 1. The Labute approximate surface area is 141 Å². The number of carbonyl (C=O) groups excluding carboxylic acids is 1. The van der Waals surface area contributed by atoms with Crippen molar-refractivity contribution in [1.29, 1.82) is 0 Å². The van der Waals surface area contributed by atoms with Gasteiger partial charge in [-0.2, -0.15) is 0 Å². The van der Waals surface area contributed by atoms with E-state index < -0.39 is 0 Å². The van der Waals surface area contributed by atoms with E-state index in [0.717, 1.165) is 11.1 Å². The zero-order valence-electron chi connectivity index (χ0n) is 13.9. The van der Waals surface area contributed by atoms with E-state index in [1.807, 2.05) is 25.3 Å². The molecule has 0 aliphatic carbocycles. The second-order valence-electron chi connectivity index (χ2n) is 6.05. The number of aryl methyl sites for hydroxylation is 1. The van der Waals surface area contributed by atoms with E-state index in [0.29, 0.717) is 13.0 Å². The molecule has 0 N–H and O–H groups in total. The number of benzene rings is 2. The molecule has 3 rings (SSSR count). The molecule has 0 radical (unpaired) electrons. The Hall–Kier alpha value is -2.62. The topological polar surface area (TPSA) is 25.2 Å². The predicted molar refractivity (Wildman–Crippen MR) is 94.1 cm³/mol. The quantitative estimate of drug-likeness (QED) is 0.683. The van der Waals surface area contributed by atoms with Gasteiger partial charge in [0.05, 0.1) is 6.04 Å². The minimum absolute atomic E-state index is 0.0737. The Morgan fingerprint density at radius 1 is 1.12 bits per heavy atom. The standard InChI is InChI=1S/C20H21FN2O/c1-15(16-7-9-18(21)10-8-16)22(2)20(24)12-14-23-13-11-17-5-3-4-6-19(17)23/h3-11,13,15H,12,14H2,1-2H3. The van der Waals surface area contributed by atoms with E-state index in [1.165, 1.54) is 17.5 Å². The fraction of sp³-hybridized carbons (Fsp3) is 0.250. The number of carbonyl (C=O) groups is 1. The van der Waals surface area contributed by atoms with Crippen molar-refractivity contribution < 1.29 is 9.18 Å². The average Bonchev–Trinajstić information content (AvgIpc) is 3.02. The van der Waals surface area contributed by atoms with Crippen LogP contribution in [0.2, 0.25) is 0 Å². The highest BCUT2D eigenvalue weighted by Gasteiger charge is 2.17. The summed E-state index contributed by atoms with van der Waals surface area (Å²) in [6.45, 7) is 2.60. The fourth-order valence-electron chi connectivity index (χ4n) is 2.91. The van der Waals surface area contributed by atoms with Crippen LogP contribution < -0.4 is 0 Å². The first-order chi connectivity index (χ1) is 11.6. The van der Waals surface area contributed by atoms with Crippen molar-refractivity contribution in [2.75, 3.05) is 7.05 Å². The number of rotatable bonds is 5. The second kappa shape index (κ2) is 6.87. The Balaban J connectivity index is 1.64. The van der Waals surface area contributed by atoms with Gasteiger partial charge in [-0.05, 0) is 42.1 Å². The van der Waals surface area contributed by atoms with Gasteiger partial charge in [0, 0.05) is 31.7 Å². The van der Waals surface area contributed by atoms with Crippen molar-refractivity contribution in [3.05, 3.63) is 72.2 Å². The van der Waals surface area contributed by atoms with Crippen LogP contribution >= 0.6 is 0 Å². The van der Waals surface area contributed by atoms with Crippen LogP contribution in [0.4, 0.5) is 4.39 Å². The third-order valence-electron chi connectivity index (χ3n) is 4.57. The van der Waals surface area contributed by atoms with Gasteiger partial charge >= 0.3 is 0 Å². The second-order valence-corrected chi connectivity index (χ2v) is 6.05. The normalized spacial score (nSPS) is 12.3. The molecule has 0 saturated heterocycles. The summed E-state index contributed by atoms with van der Waals surface area (Å²) in [5.74, 6) is -0.191. The maximum atomic E-state index is 13.0. The molecule has 0 aliphatic heterocycles. The molecule has 1 heterocycles. The largest absolute Gasteiger partial charge is 0.347 e. The SMILES string of the molecule is CC(c1ccc(F)cc1)N(C)C(=O)CCn1ccc2ccccc21. The first-order valence-electron chi connectivity index (χ1n) is 8.11. The minimum atomic E-state index is -0.264. The van der Waals surface area contributed by atoms with Crippen LogP contribution in [0.3, 0.4) is 0 Å². The maximum Gasteiger partial charge on any atom is 0.224 e. The van der Waals surface area contributed by atoms with Gasteiger partial charge in [0.1, 0.15) is 5.82 Å². The average molecular weight is 324 g/mol. The molecule has 24 heavy (non-hydrogen) atoms. The Bertz CT molecular complexity index is 838. The van der Waals surface area contributed by atoms with Crippen molar-refractivity contribution in [3.8, 4) is 0 Å². The van der Waals surface area contributed by atoms with Gasteiger partial charge in [-0.3, -0.25) is 4.79 Å². The molecule has 3 aromatic rings. The summed E-state index contributed by atoms with van der Waals surface area (Å²) >= 11 is 0. The van der Waals surface area contributed by atoms with Crippen LogP contribution in [0.5, 0.6) is 0 Å². The van der Waals surface area contributed by atoms with Gasteiger partial charge in [0.15, 0.2) is 0 Å². The number of aromatic nitrogens is 1. The number of amides is 1. The Morgan fingerprint density at radius 2 is 1.83 bits per heavy atom. The summed E-state index contributed by atoms with van der Waals surface area (Å²) in [6, 6.07) is 16.4. The molecule has 0 bridgehead atoms. The highest BCUT2D eigenvalue weighted by molar-refractivity contribution is 5.80. The number of halogens is 1. The highest BCUT2D eigenvalue weighted by Crippen LogP contribution is 2.20. The van der Waals surface area contributed by atoms with E-state index in [2.05, 4.69) is 22.8 Å². The van der Waals surface area contributed by atoms with Gasteiger partial charge in [-0.15, -0.1) is 0 Å². The molecule has 1 atom stereocenters. The van der Waals surface area contributed by atoms with Gasteiger partial charge < -0.3 is 9.47 Å². The lowest BCUT2D eigenvalue weighted by Gasteiger charge is -2.25. The van der Waals surface area contributed by atoms with Gasteiger partial charge in [-0.25, -0.2) is 4.39 Å². The molecule has 0 aliphatic rings.